The van der Waals surface area contributed by atoms with Gasteiger partial charge in [-0.25, -0.2) is 0 Å². The van der Waals surface area contributed by atoms with E-state index in [1.165, 1.54) is 31.5 Å². The Morgan fingerprint density at radius 1 is 1.55 bits per heavy atom. The average molecular weight is 157 g/mol. The van der Waals surface area contributed by atoms with Gasteiger partial charge >= 0.3 is 0 Å². The molecule has 2 heteroatoms. The predicted octanol–water partition coefficient (Wildman–Crippen LogP) is 1.08. The van der Waals surface area contributed by atoms with Crippen molar-refractivity contribution >= 4 is 0 Å². The summed E-state index contributed by atoms with van der Waals surface area (Å²) in [6.07, 6.45) is 2.69. The van der Waals surface area contributed by atoms with E-state index in [0.29, 0.717) is 0 Å². The van der Waals surface area contributed by atoms with Crippen molar-refractivity contribution in [3.63, 3.8) is 0 Å². The zero-order chi connectivity index (χ0) is 7.56. The number of hydrogen-bond donors (Lipinski definition) is 0. The highest BCUT2D eigenvalue weighted by atomic mass is 16.0. The molecule has 1 aliphatic heterocycles. The molecule has 0 aromatic heterocycles. The fraction of sp³-hybridized carbons (Fsp3) is 0.778. The van der Waals surface area contributed by atoms with Crippen LogP contribution in [0, 0.1) is 5.92 Å². The number of hydrogen-bond acceptors (Lipinski definition) is 1. The van der Waals surface area contributed by atoms with Crippen LogP contribution >= 0.6 is 0 Å². The maximum Gasteiger partial charge on any atom is 0.00438 e. The molecule has 0 radical (unpaired) electrons. The Balaban J connectivity index is 0.000001000. The number of likely N-dealkylation sites (tertiary alicyclic amines) is 1. The minimum atomic E-state index is 0. The van der Waals surface area contributed by atoms with Crippen molar-refractivity contribution < 1.29 is 5.48 Å². The van der Waals surface area contributed by atoms with Crippen LogP contribution in [0.3, 0.4) is 0 Å². The van der Waals surface area contributed by atoms with Gasteiger partial charge in [0.05, 0.1) is 0 Å². The van der Waals surface area contributed by atoms with Gasteiger partial charge in [0.25, 0.3) is 0 Å². The first-order valence-corrected chi connectivity index (χ1v) is 4.04. The Morgan fingerprint density at radius 3 is 2.55 bits per heavy atom. The lowest BCUT2D eigenvalue weighted by atomic mass is 9.93. The molecule has 0 aromatic rings. The molecule has 1 aliphatic rings. The second-order valence-electron chi connectivity index (χ2n) is 3.45. The van der Waals surface area contributed by atoms with E-state index in [0.717, 1.165) is 5.92 Å². The monoisotopic (exact) mass is 157 g/mol. The zero-order valence-electron chi connectivity index (χ0n) is 7.56. The van der Waals surface area contributed by atoms with Crippen LogP contribution in [0.4, 0.5) is 0 Å². The minimum absolute atomic E-state index is 0. The van der Waals surface area contributed by atoms with E-state index in [1.54, 1.807) is 0 Å². The molecule has 0 amide bonds. The first-order valence-electron chi connectivity index (χ1n) is 4.04. The van der Waals surface area contributed by atoms with Crippen molar-refractivity contribution in [2.24, 2.45) is 5.92 Å². The van der Waals surface area contributed by atoms with Crippen molar-refractivity contribution in [1.29, 1.82) is 0 Å². The smallest absolute Gasteiger partial charge is 0.00438 e. The van der Waals surface area contributed by atoms with Gasteiger partial charge in [-0.3, -0.25) is 0 Å². The second-order valence-corrected chi connectivity index (χ2v) is 3.45. The molecule has 1 heterocycles. The molecule has 66 valence electrons. The summed E-state index contributed by atoms with van der Waals surface area (Å²) < 4.78 is 0. The SMILES string of the molecule is C=C(C)C1CCCN(C)C1.O. The van der Waals surface area contributed by atoms with Gasteiger partial charge in [-0.2, -0.15) is 0 Å². The van der Waals surface area contributed by atoms with E-state index in [4.69, 9.17) is 0 Å². The van der Waals surface area contributed by atoms with E-state index >= 15 is 0 Å². The molecule has 0 aliphatic carbocycles. The summed E-state index contributed by atoms with van der Waals surface area (Å²) in [4.78, 5) is 2.39. The van der Waals surface area contributed by atoms with Gasteiger partial charge in [-0.15, -0.1) is 0 Å². The third-order valence-electron chi connectivity index (χ3n) is 2.32. The van der Waals surface area contributed by atoms with Gasteiger partial charge in [0, 0.05) is 6.54 Å². The molecule has 0 aromatic carbocycles. The van der Waals surface area contributed by atoms with Crippen LogP contribution in [0.2, 0.25) is 0 Å². The molecule has 11 heavy (non-hydrogen) atoms. The Hall–Kier alpha value is -0.340. The first kappa shape index (κ1) is 10.7. The summed E-state index contributed by atoms with van der Waals surface area (Å²) in [7, 11) is 2.19. The van der Waals surface area contributed by atoms with Gasteiger partial charge in [0.1, 0.15) is 0 Å². The zero-order valence-corrected chi connectivity index (χ0v) is 7.56. The molecule has 1 saturated heterocycles. The molecular formula is C9H19NO. The van der Waals surface area contributed by atoms with Gasteiger partial charge in [-0.1, -0.05) is 12.2 Å². The van der Waals surface area contributed by atoms with E-state index in [2.05, 4.69) is 25.5 Å². The molecule has 0 saturated carbocycles. The average Bonchev–Trinajstić information content (AvgIpc) is 1.88. The fourth-order valence-electron chi connectivity index (χ4n) is 1.57. The highest BCUT2D eigenvalue weighted by Crippen LogP contribution is 2.20. The van der Waals surface area contributed by atoms with Crippen molar-refractivity contribution in [3.05, 3.63) is 12.2 Å². The van der Waals surface area contributed by atoms with Gasteiger partial charge in [-0.05, 0) is 39.3 Å². The lowest BCUT2D eigenvalue weighted by Crippen LogP contribution is -2.32. The maximum absolute atomic E-state index is 3.99. The predicted molar refractivity (Wildman–Crippen MR) is 48.6 cm³/mol. The van der Waals surface area contributed by atoms with Gasteiger partial charge in [0.15, 0.2) is 0 Å². The van der Waals surface area contributed by atoms with Gasteiger partial charge in [0.2, 0.25) is 0 Å². The Bertz CT molecular complexity index is 134. The molecule has 1 unspecified atom stereocenters. The quantitative estimate of drug-likeness (QED) is 0.524. The van der Waals surface area contributed by atoms with Crippen LogP contribution in [-0.4, -0.2) is 30.5 Å². The van der Waals surface area contributed by atoms with E-state index in [1.807, 2.05) is 0 Å². The summed E-state index contributed by atoms with van der Waals surface area (Å²) in [5.41, 5.74) is 1.35. The van der Waals surface area contributed by atoms with Crippen LogP contribution in [-0.2, 0) is 0 Å². The molecular weight excluding hydrogens is 138 g/mol. The molecule has 2 N–H and O–H groups in total. The van der Waals surface area contributed by atoms with E-state index < -0.39 is 0 Å². The number of rotatable bonds is 1. The Labute approximate surface area is 69.2 Å². The van der Waals surface area contributed by atoms with E-state index in [9.17, 15) is 0 Å². The van der Waals surface area contributed by atoms with Crippen LogP contribution in [0.5, 0.6) is 0 Å². The molecule has 1 rings (SSSR count). The number of piperidine rings is 1. The summed E-state index contributed by atoms with van der Waals surface area (Å²) in [5, 5.41) is 0. The van der Waals surface area contributed by atoms with Crippen LogP contribution in [0.15, 0.2) is 12.2 Å². The molecule has 1 fully saturated rings. The standard InChI is InChI=1S/C9H17N.H2O/c1-8(2)9-5-4-6-10(3)7-9;/h9H,1,4-7H2,2-3H3;1H2. The molecule has 2 nitrogen and oxygen atoms in total. The summed E-state index contributed by atoms with van der Waals surface area (Å²) in [6, 6.07) is 0. The largest absolute Gasteiger partial charge is 0.412 e. The lowest BCUT2D eigenvalue weighted by molar-refractivity contribution is 0.231. The number of nitrogens with zero attached hydrogens (tertiary/aromatic N) is 1. The van der Waals surface area contributed by atoms with Gasteiger partial charge < -0.3 is 10.4 Å². The minimum Gasteiger partial charge on any atom is -0.412 e. The molecule has 0 bridgehead atoms. The van der Waals surface area contributed by atoms with E-state index in [-0.39, 0.29) is 5.48 Å². The highest BCUT2D eigenvalue weighted by Gasteiger charge is 2.16. The van der Waals surface area contributed by atoms with Crippen LogP contribution < -0.4 is 0 Å². The second kappa shape index (κ2) is 4.52. The summed E-state index contributed by atoms with van der Waals surface area (Å²) in [5.74, 6) is 0.763. The fourth-order valence-corrected chi connectivity index (χ4v) is 1.57. The first-order chi connectivity index (χ1) is 4.70. The molecule has 1 atom stereocenters. The topological polar surface area (TPSA) is 34.7 Å². The third-order valence-corrected chi connectivity index (χ3v) is 2.32. The lowest BCUT2D eigenvalue weighted by Gasteiger charge is -2.29. The summed E-state index contributed by atoms with van der Waals surface area (Å²) >= 11 is 0. The summed E-state index contributed by atoms with van der Waals surface area (Å²) in [6.45, 7) is 8.61. The Morgan fingerprint density at radius 2 is 2.18 bits per heavy atom. The molecule has 0 spiro atoms. The normalized spacial score (nSPS) is 25.8. The van der Waals surface area contributed by atoms with Crippen molar-refractivity contribution in [2.75, 3.05) is 20.1 Å². The van der Waals surface area contributed by atoms with Crippen LogP contribution in [0.25, 0.3) is 0 Å². The van der Waals surface area contributed by atoms with Crippen LogP contribution in [0.1, 0.15) is 19.8 Å². The Kier molecular flexibility index (Phi) is 4.38. The highest BCUT2D eigenvalue weighted by molar-refractivity contribution is 4.98. The van der Waals surface area contributed by atoms with Crippen molar-refractivity contribution in [1.82, 2.24) is 4.90 Å². The van der Waals surface area contributed by atoms with Crippen molar-refractivity contribution in [3.8, 4) is 0 Å². The third kappa shape index (κ3) is 3.04. The van der Waals surface area contributed by atoms with Crippen molar-refractivity contribution in [2.45, 2.75) is 19.8 Å². The maximum atomic E-state index is 3.99.